The Bertz CT molecular complexity index is 547. The van der Waals surface area contributed by atoms with Crippen molar-refractivity contribution in [3.63, 3.8) is 0 Å². The molecule has 2 rings (SSSR count). The molecule has 2 N–H and O–H groups in total. The topological polar surface area (TPSA) is 90.5 Å². The summed E-state index contributed by atoms with van der Waals surface area (Å²) >= 11 is 0. The van der Waals surface area contributed by atoms with E-state index in [1.807, 2.05) is 0 Å². The third-order valence-electron chi connectivity index (χ3n) is 3.22. The minimum Gasteiger partial charge on any atom is -0.379 e. The quantitative estimate of drug-likeness (QED) is 0.805. The Morgan fingerprint density at radius 1 is 1.32 bits per heavy atom. The second-order valence-electron chi connectivity index (χ2n) is 4.53. The summed E-state index contributed by atoms with van der Waals surface area (Å²) in [5, 5.41) is 4.26. The maximum absolute atomic E-state index is 12.6. The molecule has 0 aromatic carbocycles. The van der Waals surface area contributed by atoms with Crippen molar-refractivity contribution in [2.45, 2.75) is 25.3 Å². The molecule has 0 aliphatic carbocycles. The summed E-state index contributed by atoms with van der Waals surface area (Å²) in [6.07, 6.45) is 0. The zero-order valence-corrected chi connectivity index (χ0v) is 12.1. The number of aryl methyl sites for hydroxylation is 1. The van der Waals surface area contributed by atoms with Crippen LogP contribution in [0.25, 0.3) is 0 Å². The Morgan fingerprint density at radius 2 is 1.95 bits per heavy atom. The molecule has 1 fully saturated rings. The molecule has 1 aliphatic heterocycles. The zero-order valence-electron chi connectivity index (χ0n) is 11.3. The van der Waals surface area contributed by atoms with E-state index in [0.717, 1.165) is 0 Å². The highest BCUT2D eigenvalue weighted by molar-refractivity contribution is 7.89. The number of ether oxygens (including phenoxy) is 1. The standard InChI is InChI=1S/C11H20N4O3S/c1-9-11(10(2)15(13-9)4-3-12)19(16,17)14-5-7-18-8-6-14/h3-8,12H2,1-2H3. The first-order valence-electron chi connectivity index (χ1n) is 6.30. The summed E-state index contributed by atoms with van der Waals surface area (Å²) in [7, 11) is -3.49. The molecule has 0 spiro atoms. The minimum absolute atomic E-state index is 0.308. The highest BCUT2D eigenvalue weighted by Gasteiger charge is 2.31. The van der Waals surface area contributed by atoms with Gasteiger partial charge in [0.05, 0.1) is 31.1 Å². The van der Waals surface area contributed by atoms with Crippen LogP contribution >= 0.6 is 0 Å². The Kier molecular flexibility index (Phi) is 4.24. The van der Waals surface area contributed by atoms with Crippen molar-refractivity contribution in [3.05, 3.63) is 11.4 Å². The number of hydrogen-bond donors (Lipinski definition) is 1. The average Bonchev–Trinajstić information content (AvgIpc) is 2.66. The monoisotopic (exact) mass is 288 g/mol. The molecule has 1 aliphatic rings. The molecule has 0 unspecified atom stereocenters. The van der Waals surface area contributed by atoms with E-state index in [2.05, 4.69) is 5.10 Å². The SMILES string of the molecule is Cc1nn(CCN)c(C)c1S(=O)(=O)N1CCOCC1. The van der Waals surface area contributed by atoms with Crippen LogP contribution in [0.5, 0.6) is 0 Å². The molecule has 2 heterocycles. The Balaban J connectivity index is 2.39. The van der Waals surface area contributed by atoms with Gasteiger partial charge in [-0.15, -0.1) is 0 Å². The molecule has 108 valence electrons. The van der Waals surface area contributed by atoms with Gasteiger partial charge in [0.1, 0.15) is 4.90 Å². The second kappa shape index (κ2) is 5.58. The fraction of sp³-hybridized carbons (Fsp3) is 0.727. The van der Waals surface area contributed by atoms with Gasteiger partial charge in [0.2, 0.25) is 10.0 Å². The minimum atomic E-state index is -3.49. The van der Waals surface area contributed by atoms with E-state index < -0.39 is 10.0 Å². The van der Waals surface area contributed by atoms with Gasteiger partial charge in [0.25, 0.3) is 0 Å². The predicted octanol–water partition coefficient (Wildman–Crippen LogP) is -0.520. The molecule has 19 heavy (non-hydrogen) atoms. The number of sulfonamides is 1. The highest BCUT2D eigenvalue weighted by Crippen LogP contribution is 2.24. The van der Waals surface area contributed by atoms with Crippen LogP contribution in [0.4, 0.5) is 0 Å². The van der Waals surface area contributed by atoms with Gasteiger partial charge < -0.3 is 10.5 Å². The molecule has 0 radical (unpaired) electrons. The molecular formula is C11H20N4O3S. The van der Waals surface area contributed by atoms with Crippen molar-refractivity contribution in [2.75, 3.05) is 32.8 Å². The van der Waals surface area contributed by atoms with Crippen LogP contribution in [-0.4, -0.2) is 55.4 Å². The van der Waals surface area contributed by atoms with Crippen molar-refractivity contribution in [1.82, 2.24) is 14.1 Å². The van der Waals surface area contributed by atoms with Gasteiger partial charge in [0, 0.05) is 19.6 Å². The van der Waals surface area contributed by atoms with Crippen LogP contribution < -0.4 is 5.73 Å². The molecule has 0 atom stereocenters. The maximum atomic E-state index is 12.6. The van der Waals surface area contributed by atoms with E-state index >= 15 is 0 Å². The van der Waals surface area contributed by atoms with Gasteiger partial charge >= 0.3 is 0 Å². The van der Waals surface area contributed by atoms with Gasteiger partial charge in [-0.1, -0.05) is 0 Å². The number of morpholine rings is 1. The van der Waals surface area contributed by atoms with Crippen LogP contribution in [0, 0.1) is 13.8 Å². The van der Waals surface area contributed by atoms with Crippen molar-refractivity contribution in [2.24, 2.45) is 5.73 Å². The summed E-state index contributed by atoms with van der Waals surface area (Å²) in [4.78, 5) is 0.308. The molecule has 7 nitrogen and oxygen atoms in total. The molecular weight excluding hydrogens is 268 g/mol. The molecule has 0 amide bonds. The molecule has 8 heteroatoms. The van der Waals surface area contributed by atoms with E-state index in [1.54, 1.807) is 18.5 Å². The van der Waals surface area contributed by atoms with Gasteiger partial charge in [-0.25, -0.2) is 8.42 Å². The average molecular weight is 288 g/mol. The predicted molar refractivity (Wildman–Crippen MR) is 70.3 cm³/mol. The van der Waals surface area contributed by atoms with Crippen LogP contribution in [0.15, 0.2) is 4.90 Å². The molecule has 1 saturated heterocycles. The first-order valence-corrected chi connectivity index (χ1v) is 7.74. The summed E-state index contributed by atoms with van der Waals surface area (Å²) in [6, 6.07) is 0. The van der Waals surface area contributed by atoms with Crippen LogP contribution in [0.1, 0.15) is 11.4 Å². The van der Waals surface area contributed by atoms with Gasteiger partial charge in [-0.3, -0.25) is 4.68 Å². The van der Waals surface area contributed by atoms with Crippen LogP contribution in [-0.2, 0) is 21.3 Å². The number of nitrogens with two attached hydrogens (primary N) is 1. The van der Waals surface area contributed by atoms with Gasteiger partial charge in [-0.2, -0.15) is 9.40 Å². The van der Waals surface area contributed by atoms with E-state index in [0.29, 0.717) is 55.7 Å². The third kappa shape index (κ3) is 2.66. The lowest BCUT2D eigenvalue weighted by atomic mass is 10.4. The number of nitrogens with zero attached hydrogens (tertiary/aromatic N) is 3. The third-order valence-corrected chi connectivity index (χ3v) is 5.38. The maximum Gasteiger partial charge on any atom is 0.246 e. The molecule has 0 saturated carbocycles. The van der Waals surface area contributed by atoms with Crippen molar-refractivity contribution < 1.29 is 13.2 Å². The number of rotatable bonds is 4. The van der Waals surface area contributed by atoms with E-state index in [-0.39, 0.29) is 0 Å². The van der Waals surface area contributed by atoms with Crippen molar-refractivity contribution >= 4 is 10.0 Å². The smallest absolute Gasteiger partial charge is 0.246 e. The Morgan fingerprint density at radius 3 is 2.53 bits per heavy atom. The van der Waals surface area contributed by atoms with Crippen LogP contribution in [0.3, 0.4) is 0 Å². The fourth-order valence-electron chi connectivity index (χ4n) is 2.31. The second-order valence-corrected chi connectivity index (χ2v) is 6.40. The largest absolute Gasteiger partial charge is 0.379 e. The van der Waals surface area contributed by atoms with E-state index in [4.69, 9.17) is 10.5 Å². The van der Waals surface area contributed by atoms with Gasteiger partial charge in [-0.05, 0) is 13.8 Å². The summed E-state index contributed by atoms with van der Waals surface area (Å²) in [5.41, 5.74) is 6.68. The van der Waals surface area contributed by atoms with Crippen molar-refractivity contribution in [3.8, 4) is 0 Å². The van der Waals surface area contributed by atoms with Crippen molar-refractivity contribution in [1.29, 1.82) is 0 Å². The lowest BCUT2D eigenvalue weighted by Gasteiger charge is -2.26. The highest BCUT2D eigenvalue weighted by atomic mass is 32.2. The summed E-state index contributed by atoms with van der Waals surface area (Å²) in [5.74, 6) is 0. The molecule has 1 aromatic rings. The first kappa shape index (κ1) is 14.4. The Hall–Kier alpha value is -0.960. The fourth-order valence-corrected chi connectivity index (χ4v) is 4.09. The summed E-state index contributed by atoms with van der Waals surface area (Å²) in [6.45, 7) is 6.09. The lowest BCUT2D eigenvalue weighted by molar-refractivity contribution is 0.0730. The Labute approximate surface area is 113 Å². The first-order chi connectivity index (χ1) is 8.98. The number of hydrogen-bond acceptors (Lipinski definition) is 5. The molecule has 0 bridgehead atoms. The lowest BCUT2D eigenvalue weighted by Crippen LogP contribution is -2.41. The van der Waals surface area contributed by atoms with E-state index in [1.165, 1.54) is 4.31 Å². The van der Waals surface area contributed by atoms with Gasteiger partial charge in [0.15, 0.2) is 0 Å². The normalized spacial score (nSPS) is 17.8. The number of aromatic nitrogens is 2. The zero-order chi connectivity index (χ0) is 14.0. The van der Waals surface area contributed by atoms with Crippen LogP contribution in [0.2, 0.25) is 0 Å². The van der Waals surface area contributed by atoms with E-state index in [9.17, 15) is 8.42 Å². The summed E-state index contributed by atoms with van der Waals surface area (Å²) < 4.78 is 33.6. The molecule has 1 aromatic heterocycles.